The molecule has 3 heteroatoms. The van der Waals surface area contributed by atoms with Crippen molar-refractivity contribution >= 4 is 15.9 Å². The molecule has 0 spiro atoms. The van der Waals surface area contributed by atoms with Crippen LogP contribution in [-0.2, 0) is 6.42 Å². The maximum Gasteiger partial charge on any atom is 0.120 e. The molecule has 0 heterocycles. The Morgan fingerprint density at radius 3 is 2.45 bits per heavy atom. The molecule has 20 heavy (non-hydrogen) atoms. The summed E-state index contributed by atoms with van der Waals surface area (Å²) in [6.45, 7) is 4.04. The lowest BCUT2D eigenvalue weighted by Crippen LogP contribution is -2.14. The van der Waals surface area contributed by atoms with Gasteiger partial charge >= 0.3 is 0 Å². The van der Waals surface area contributed by atoms with Crippen molar-refractivity contribution in [3.8, 4) is 5.75 Å². The van der Waals surface area contributed by atoms with Gasteiger partial charge in [-0.1, -0.05) is 40.2 Å². The maximum absolute atomic E-state index is 6.30. The molecule has 0 bridgehead atoms. The number of benzene rings is 2. The summed E-state index contributed by atoms with van der Waals surface area (Å²) in [5.41, 5.74) is 8.63. The van der Waals surface area contributed by atoms with Crippen LogP contribution in [0.15, 0.2) is 53.0 Å². The summed E-state index contributed by atoms with van der Waals surface area (Å²) >= 11 is 3.44. The van der Waals surface area contributed by atoms with Crippen LogP contribution in [0.2, 0.25) is 0 Å². The molecule has 0 aromatic heterocycles. The Morgan fingerprint density at radius 1 is 1.10 bits per heavy atom. The number of nitrogens with two attached hydrogens (primary N) is 1. The summed E-state index contributed by atoms with van der Waals surface area (Å²) in [6.07, 6.45) is 0.992. The van der Waals surface area contributed by atoms with Crippen LogP contribution in [0.5, 0.6) is 5.75 Å². The van der Waals surface area contributed by atoms with Gasteiger partial charge < -0.3 is 10.5 Å². The van der Waals surface area contributed by atoms with E-state index in [0.29, 0.717) is 0 Å². The van der Waals surface area contributed by atoms with Crippen LogP contribution >= 0.6 is 15.9 Å². The van der Waals surface area contributed by atoms with Gasteiger partial charge in [0.15, 0.2) is 0 Å². The fourth-order valence-corrected chi connectivity index (χ4v) is 2.35. The molecule has 1 unspecified atom stereocenters. The Kier molecular flexibility index (Phi) is 5.21. The van der Waals surface area contributed by atoms with Gasteiger partial charge in [0.2, 0.25) is 0 Å². The van der Waals surface area contributed by atoms with Gasteiger partial charge in [-0.3, -0.25) is 0 Å². The van der Waals surface area contributed by atoms with Gasteiger partial charge in [0, 0.05) is 10.5 Å². The lowest BCUT2D eigenvalue weighted by Gasteiger charge is -2.15. The van der Waals surface area contributed by atoms with E-state index < -0.39 is 0 Å². The summed E-state index contributed by atoms with van der Waals surface area (Å²) in [5, 5.41) is 0. The number of rotatable bonds is 5. The Labute approximate surface area is 129 Å². The minimum atomic E-state index is -0.0214. The van der Waals surface area contributed by atoms with E-state index in [9.17, 15) is 0 Å². The molecule has 1 atom stereocenters. The zero-order valence-corrected chi connectivity index (χ0v) is 13.4. The van der Waals surface area contributed by atoms with Crippen LogP contribution in [0.3, 0.4) is 0 Å². The van der Waals surface area contributed by atoms with Crippen molar-refractivity contribution in [2.75, 3.05) is 0 Å². The quantitative estimate of drug-likeness (QED) is 0.875. The van der Waals surface area contributed by atoms with Crippen LogP contribution in [0.25, 0.3) is 0 Å². The first-order chi connectivity index (χ1) is 9.54. The first-order valence-corrected chi connectivity index (χ1v) is 7.60. The predicted octanol–water partition coefficient (Wildman–Crippen LogP) is 4.48. The third kappa shape index (κ3) is 4.36. The summed E-state index contributed by atoms with van der Waals surface area (Å²) in [7, 11) is 0. The van der Waals surface area contributed by atoms with Crippen molar-refractivity contribution in [1.29, 1.82) is 0 Å². The number of hydrogen-bond acceptors (Lipinski definition) is 2. The maximum atomic E-state index is 6.30. The topological polar surface area (TPSA) is 35.2 Å². The predicted molar refractivity (Wildman–Crippen MR) is 87.0 cm³/mol. The molecule has 0 amide bonds. The largest absolute Gasteiger partial charge is 0.491 e. The molecule has 2 aromatic rings. The normalized spacial score (nSPS) is 12.4. The summed E-state index contributed by atoms with van der Waals surface area (Å²) < 4.78 is 6.79. The molecule has 106 valence electrons. The smallest absolute Gasteiger partial charge is 0.120 e. The highest BCUT2D eigenvalue weighted by Crippen LogP contribution is 2.22. The Balaban J connectivity index is 2.08. The fourth-order valence-electron chi connectivity index (χ4n) is 2.08. The molecule has 0 aliphatic rings. The highest BCUT2D eigenvalue weighted by molar-refractivity contribution is 9.10. The van der Waals surface area contributed by atoms with Crippen LogP contribution < -0.4 is 10.5 Å². The molecule has 0 fully saturated rings. The van der Waals surface area contributed by atoms with Crippen molar-refractivity contribution in [2.24, 2.45) is 5.73 Å². The second-order valence-electron chi connectivity index (χ2n) is 5.18. The van der Waals surface area contributed by atoms with Crippen LogP contribution in [0, 0.1) is 0 Å². The van der Waals surface area contributed by atoms with E-state index in [0.717, 1.165) is 22.2 Å². The average Bonchev–Trinajstić information content (AvgIpc) is 2.41. The molecular formula is C17H20BrNO. The second kappa shape index (κ2) is 6.91. The molecule has 0 radical (unpaired) electrons. The van der Waals surface area contributed by atoms with E-state index in [-0.39, 0.29) is 12.1 Å². The molecule has 0 aliphatic heterocycles. The number of ether oxygens (including phenoxy) is 1. The first kappa shape index (κ1) is 15.1. The average molecular weight is 334 g/mol. The standard InChI is InChI=1S/C17H20BrNO/c1-12(2)20-16-5-3-4-14(11-16)17(19)10-13-6-8-15(18)9-7-13/h3-9,11-12,17H,10,19H2,1-2H3. The van der Waals surface area contributed by atoms with Crippen LogP contribution in [0.1, 0.15) is 31.0 Å². The SMILES string of the molecule is CC(C)Oc1cccc(C(N)Cc2ccc(Br)cc2)c1. The van der Waals surface area contributed by atoms with E-state index in [1.807, 2.05) is 44.2 Å². The van der Waals surface area contributed by atoms with Gasteiger partial charge in [-0.25, -0.2) is 0 Å². The molecule has 2 aromatic carbocycles. The van der Waals surface area contributed by atoms with E-state index in [2.05, 4.69) is 34.1 Å². The van der Waals surface area contributed by atoms with Crippen molar-refractivity contribution in [3.63, 3.8) is 0 Å². The van der Waals surface area contributed by atoms with Crippen LogP contribution in [0.4, 0.5) is 0 Å². The zero-order valence-electron chi connectivity index (χ0n) is 11.8. The molecule has 2 rings (SSSR count). The van der Waals surface area contributed by atoms with Crippen molar-refractivity contribution in [1.82, 2.24) is 0 Å². The monoisotopic (exact) mass is 333 g/mol. The van der Waals surface area contributed by atoms with Crippen LogP contribution in [-0.4, -0.2) is 6.10 Å². The van der Waals surface area contributed by atoms with Gasteiger partial charge in [0.05, 0.1) is 6.10 Å². The Morgan fingerprint density at radius 2 is 1.80 bits per heavy atom. The zero-order chi connectivity index (χ0) is 14.5. The third-order valence-electron chi connectivity index (χ3n) is 3.03. The lowest BCUT2D eigenvalue weighted by atomic mass is 9.99. The molecule has 2 nitrogen and oxygen atoms in total. The van der Waals surface area contributed by atoms with Crippen molar-refractivity contribution in [3.05, 3.63) is 64.1 Å². The Hall–Kier alpha value is -1.32. The van der Waals surface area contributed by atoms with E-state index in [4.69, 9.17) is 10.5 Å². The van der Waals surface area contributed by atoms with Crippen molar-refractivity contribution < 1.29 is 4.74 Å². The van der Waals surface area contributed by atoms with E-state index in [1.54, 1.807) is 0 Å². The number of halogens is 1. The lowest BCUT2D eigenvalue weighted by molar-refractivity contribution is 0.242. The van der Waals surface area contributed by atoms with Crippen molar-refractivity contribution in [2.45, 2.75) is 32.4 Å². The molecular weight excluding hydrogens is 314 g/mol. The van der Waals surface area contributed by atoms with Gasteiger partial charge in [-0.2, -0.15) is 0 Å². The van der Waals surface area contributed by atoms with Gasteiger partial charge in [-0.15, -0.1) is 0 Å². The minimum Gasteiger partial charge on any atom is -0.491 e. The second-order valence-corrected chi connectivity index (χ2v) is 6.09. The molecule has 2 N–H and O–H groups in total. The van der Waals surface area contributed by atoms with Gasteiger partial charge in [-0.05, 0) is 55.7 Å². The van der Waals surface area contributed by atoms with Gasteiger partial charge in [0.1, 0.15) is 5.75 Å². The molecule has 0 saturated heterocycles. The molecule has 0 aliphatic carbocycles. The fraction of sp³-hybridized carbons (Fsp3) is 0.294. The number of hydrogen-bond donors (Lipinski definition) is 1. The summed E-state index contributed by atoms with van der Waals surface area (Å²) in [6, 6.07) is 16.3. The third-order valence-corrected chi connectivity index (χ3v) is 3.56. The summed E-state index contributed by atoms with van der Waals surface area (Å²) in [5.74, 6) is 0.878. The first-order valence-electron chi connectivity index (χ1n) is 6.81. The minimum absolute atomic E-state index is 0.0214. The highest BCUT2D eigenvalue weighted by Gasteiger charge is 2.09. The Bertz CT molecular complexity index is 551. The van der Waals surface area contributed by atoms with E-state index in [1.165, 1.54) is 5.56 Å². The summed E-state index contributed by atoms with van der Waals surface area (Å²) in [4.78, 5) is 0. The van der Waals surface area contributed by atoms with Gasteiger partial charge in [0.25, 0.3) is 0 Å². The van der Waals surface area contributed by atoms with E-state index >= 15 is 0 Å². The highest BCUT2D eigenvalue weighted by atomic mass is 79.9. The molecule has 0 saturated carbocycles.